The van der Waals surface area contributed by atoms with Crippen LogP contribution in [0.4, 0.5) is 4.39 Å². The molecule has 43 heavy (non-hydrogen) atoms. The topological polar surface area (TPSA) is 38.7 Å². The van der Waals surface area contributed by atoms with Gasteiger partial charge in [0.15, 0.2) is 0 Å². The molecule has 3 heterocycles. The van der Waals surface area contributed by atoms with Crippen LogP contribution in [0.3, 0.4) is 0 Å². The van der Waals surface area contributed by atoms with E-state index in [0.717, 1.165) is 58.9 Å². The molecule has 0 saturated carbocycles. The number of aryl methyl sites for hydroxylation is 1. The van der Waals surface area contributed by atoms with E-state index in [1.54, 1.807) is 12.1 Å². The molecule has 0 bridgehead atoms. The zero-order valence-corrected chi connectivity index (χ0v) is 25.9. The fourth-order valence-electron chi connectivity index (χ4n) is 5.48. The Morgan fingerprint density at radius 2 is 1.28 bits per heavy atom. The largest absolute Gasteiger partial charge is 3.00 e. The molecule has 0 unspecified atom stereocenters. The van der Waals surface area contributed by atoms with Gasteiger partial charge in [-0.15, -0.1) is 89.5 Å². The molecule has 0 spiro atoms. The quantitative estimate of drug-likeness (QED) is 0.105. The van der Waals surface area contributed by atoms with E-state index in [4.69, 9.17) is 9.97 Å². The van der Waals surface area contributed by atoms with E-state index >= 15 is 0 Å². The maximum Gasteiger partial charge on any atom is 3.00 e. The molecule has 0 amide bonds. The molecule has 3 nitrogen and oxygen atoms in total. The van der Waals surface area contributed by atoms with E-state index in [1.165, 1.54) is 6.07 Å². The van der Waals surface area contributed by atoms with Crippen molar-refractivity contribution in [2.75, 3.05) is 0 Å². The summed E-state index contributed by atoms with van der Waals surface area (Å²) in [6.07, 6.45) is 5.08. The number of halogens is 1. The van der Waals surface area contributed by atoms with Crippen molar-refractivity contribution in [2.24, 2.45) is 0 Å². The van der Waals surface area contributed by atoms with Crippen LogP contribution in [0.2, 0.25) is 0 Å². The molecule has 0 N–H and O–H groups in total. The molecular formula is C38H29FIrN3. The third-order valence-corrected chi connectivity index (χ3v) is 7.53. The van der Waals surface area contributed by atoms with Crippen LogP contribution in [-0.4, -0.2) is 15.0 Å². The Morgan fingerprint density at radius 1 is 0.628 bits per heavy atom. The number of aromatic nitrogens is 3. The van der Waals surface area contributed by atoms with Crippen LogP contribution in [0.25, 0.3) is 22.5 Å². The van der Waals surface area contributed by atoms with Crippen molar-refractivity contribution in [3.63, 3.8) is 0 Å². The molecule has 6 rings (SSSR count). The smallest absolute Gasteiger partial charge is 0.300 e. The predicted molar refractivity (Wildman–Crippen MR) is 164 cm³/mol. The van der Waals surface area contributed by atoms with Gasteiger partial charge in [0.05, 0.1) is 5.41 Å². The average molecular weight is 739 g/mol. The summed E-state index contributed by atoms with van der Waals surface area (Å²) in [6.45, 7) is 0. The van der Waals surface area contributed by atoms with Crippen molar-refractivity contribution >= 4 is 0 Å². The molecule has 0 aliphatic carbocycles. The van der Waals surface area contributed by atoms with Crippen molar-refractivity contribution in [1.82, 2.24) is 15.0 Å². The summed E-state index contributed by atoms with van der Waals surface area (Å²) < 4.78 is 14.9. The first-order valence-electron chi connectivity index (χ1n) is 14.2. The Morgan fingerprint density at radius 3 is 1.84 bits per heavy atom. The van der Waals surface area contributed by atoms with Gasteiger partial charge in [0.2, 0.25) is 0 Å². The number of rotatable bonds is 10. The van der Waals surface area contributed by atoms with Crippen LogP contribution in [0.5, 0.6) is 0 Å². The number of unbranched alkanes of at least 4 members (excludes halogenated alkanes) is 1. The summed E-state index contributed by atoms with van der Waals surface area (Å²) >= 11 is 0. The zero-order chi connectivity index (χ0) is 28.6. The van der Waals surface area contributed by atoms with Gasteiger partial charge in [-0.2, -0.15) is 12.1 Å². The second kappa shape index (κ2) is 14.2. The SMILES string of the molecule is Fc1cc[c-]c(C(CCCCc2ccccn2)(c2cccc(-c3[c-]cccc3)n2)c2cccc(-c3[c-]cccc3)n2)c1.[Ir+3]. The van der Waals surface area contributed by atoms with E-state index < -0.39 is 5.41 Å². The van der Waals surface area contributed by atoms with Crippen LogP contribution in [0.1, 0.15) is 41.9 Å². The number of pyridine rings is 3. The average Bonchev–Trinajstić information content (AvgIpc) is 3.06. The summed E-state index contributed by atoms with van der Waals surface area (Å²) in [5.74, 6) is -0.318. The molecule has 0 atom stereocenters. The minimum atomic E-state index is -0.859. The second-order valence-electron chi connectivity index (χ2n) is 10.2. The molecular weight excluding hydrogens is 710 g/mol. The molecule has 0 aliphatic rings. The molecule has 0 saturated heterocycles. The van der Waals surface area contributed by atoms with Gasteiger partial charge < -0.3 is 9.97 Å². The van der Waals surface area contributed by atoms with Crippen molar-refractivity contribution in [3.05, 3.63) is 174 Å². The number of hydrogen-bond donors (Lipinski definition) is 0. The molecule has 3 aromatic carbocycles. The van der Waals surface area contributed by atoms with E-state index in [2.05, 4.69) is 29.2 Å². The summed E-state index contributed by atoms with van der Waals surface area (Å²) in [5, 5.41) is 0. The van der Waals surface area contributed by atoms with Crippen molar-refractivity contribution in [2.45, 2.75) is 31.1 Å². The molecule has 0 radical (unpaired) electrons. The Hall–Kier alpha value is -4.31. The predicted octanol–water partition coefficient (Wildman–Crippen LogP) is 8.49. The molecule has 6 aromatic rings. The summed E-state index contributed by atoms with van der Waals surface area (Å²) in [4.78, 5) is 14.9. The maximum absolute atomic E-state index is 14.9. The zero-order valence-electron chi connectivity index (χ0n) is 23.5. The van der Waals surface area contributed by atoms with E-state index in [9.17, 15) is 4.39 Å². The summed E-state index contributed by atoms with van der Waals surface area (Å²) in [6, 6.07) is 48.3. The number of benzene rings is 3. The Balaban J connectivity index is 0.00000368. The summed E-state index contributed by atoms with van der Waals surface area (Å²) in [5.41, 5.74) is 5.87. The number of hydrogen-bond acceptors (Lipinski definition) is 3. The Labute approximate surface area is 266 Å². The van der Waals surface area contributed by atoms with Gasteiger partial charge in [0, 0.05) is 29.1 Å². The first-order valence-corrected chi connectivity index (χ1v) is 14.2. The van der Waals surface area contributed by atoms with Crippen LogP contribution < -0.4 is 0 Å². The fourth-order valence-corrected chi connectivity index (χ4v) is 5.48. The maximum atomic E-state index is 14.9. The van der Waals surface area contributed by atoms with Crippen LogP contribution >= 0.6 is 0 Å². The van der Waals surface area contributed by atoms with Crippen LogP contribution in [-0.2, 0) is 31.9 Å². The Kier molecular flexibility index (Phi) is 9.99. The molecule has 0 fully saturated rings. The van der Waals surface area contributed by atoms with Crippen molar-refractivity contribution in [1.29, 1.82) is 0 Å². The van der Waals surface area contributed by atoms with Gasteiger partial charge in [0.1, 0.15) is 0 Å². The minimum Gasteiger partial charge on any atom is -0.300 e. The monoisotopic (exact) mass is 739 g/mol. The third-order valence-electron chi connectivity index (χ3n) is 7.53. The van der Waals surface area contributed by atoms with Gasteiger partial charge in [-0.1, -0.05) is 36.8 Å². The Bertz CT molecular complexity index is 1660. The van der Waals surface area contributed by atoms with Gasteiger partial charge in [-0.25, -0.2) is 4.39 Å². The van der Waals surface area contributed by atoms with E-state index in [0.29, 0.717) is 12.0 Å². The molecule has 5 heteroatoms. The first-order chi connectivity index (χ1) is 20.7. The van der Waals surface area contributed by atoms with Crippen molar-refractivity contribution in [3.8, 4) is 22.5 Å². The van der Waals surface area contributed by atoms with E-state index in [1.807, 2.05) is 103 Å². The first kappa shape index (κ1) is 30.2. The van der Waals surface area contributed by atoms with Gasteiger partial charge in [-0.05, 0) is 54.9 Å². The van der Waals surface area contributed by atoms with Gasteiger partial charge in [-0.3, -0.25) is 4.98 Å². The third kappa shape index (κ3) is 6.85. The molecule has 0 aliphatic heterocycles. The minimum absolute atomic E-state index is 0. The van der Waals surface area contributed by atoms with Crippen LogP contribution in [0.15, 0.2) is 128 Å². The van der Waals surface area contributed by atoms with Crippen LogP contribution in [0, 0.1) is 24.0 Å². The standard InChI is InChI=1S/C38H29FN3.Ir/c39-32-19-11-18-31(28-32)38(26-9-7-20-33-21-8-10-27-40-33,36-24-12-22-34(41-36)29-14-3-1-4-15-29)37-25-13-23-35(42-37)30-16-5-2-6-17-30;/h1-6,8,10-14,16,19,21-25,27-28H,7,9,20,26H2;/q-3;+3. The molecule has 3 aromatic heterocycles. The fraction of sp³-hybridized carbons (Fsp3) is 0.132. The number of nitrogens with zero attached hydrogens (tertiary/aromatic N) is 3. The normalized spacial score (nSPS) is 11.1. The van der Waals surface area contributed by atoms with Crippen molar-refractivity contribution < 1.29 is 24.5 Å². The van der Waals surface area contributed by atoms with Gasteiger partial charge >= 0.3 is 20.1 Å². The van der Waals surface area contributed by atoms with E-state index in [-0.39, 0.29) is 25.9 Å². The second-order valence-corrected chi connectivity index (χ2v) is 10.2. The summed E-state index contributed by atoms with van der Waals surface area (Å²) in [7, 11) is 0. The molecule has 212 valence electrons. The van der Waals surface area contributed by atoms with Gasteiger partial charge in [0.25, 0.3) is 0 Å².